The third kappa shape index (κ3) is 3.36. The van der Waals surface area contributed by atoms with Crippen molar-refractivity contribution in [1.82, 2.24) is 10.2 Å². The van der Waals surface area contributed by atoms with Gasteiger partial charge in [0.2, 0.25) is 5.91 Å². The molecular formula is C10H18N2O2. The summed E-state index contributed by atoms with van der Waals surface area (Å²) in [4.78, 5) is 23.9. The highest BCUT2D eigenvalue weighted by atomic mass is 16.2. The number of nitrogens with one attached hydrogen (secondary N) is 1. The molecule has 0 unspecified atom stereocenters. The molecule has 14 heavy (non-hydrogen) atoms. The van der Waals surface area contributed by atoms with Crippen molar-refractivity contribution in [3.63, 3.8) is 0 Å². The SMILES string of the molecule is CC(C)(C)CCN1CCC(=O)NC1=O. The summed E-state index contributed by atoms with van der Waals surface area (Å²) >= 11 is 0. The van der Waals surface area contributed by atoms with Gasteiger partial charge in [-0.2, -0.15) is 0 Å². The number of urea groups is 1. The van der Waals surface area contributed by atoms with Crippen molar-refractivity contribution in [3.8, 4) is 0 Å². The summed E-state index contributed by atoms with van der Waals surface area (Å²) in [5, 5.41) is 2.31. The number of imide groups is 1. The maximum Gasteiger partial charge on any atom is 0.324 e. The summed E-state index contributed by atoms with van der Waals surface area (Å²) in [5.41, 5.74) is 0.224. The van der Waals surface area contributed by atoms with Gasteiger partial charge in [0.15, 0.2) is 0 Å². The van der Waals surface area contributed by atoms with Gasteiger partial charge in [-0.05, 0) is 11.8 Å². The molecule has 1 saturated heterocycles. The minimum atomic E-state index is -0.245. The van der Waals surface area contributed by atoms with Crippen LogP contribution in [0.3, 0.4) is 0 Å². The normalized spacial score (nSPS) is 18.4. The molecule has 0 radical (unpaired) electrons. The van der Waals surface area contributed by atoms with Gasteiger partial charge in [-0.15, -0.1) is 0 Å². The van der Waals surface area contributed by atoms with Crippen LogP contribution in [0.25, 0.3) is 0 Å². The predicted molar refractivity (Wildman–Crippen MR) is 53.8 cm³/mol. The van der Waals surface area contributed by atoms with E-state index >= 15 is 0 Å². The van der Waals surface area contributed by atoms with Gasteiger partial charge in [0.1, 0.15) is 0 Å². The first-order chi connectivity index (χ1) is 6.38. The molecule has 0 atom stereocenters. The lowest BCUT2D eigenvalue weighted by Gasteiger charge is -2.29. The first-order valence-corrected chi connectivity index (χ1v) is 4.97. The zero-order valence-electron chi connectivity index (χ0n) is 9.09. The van der Waals surface area contributed by atoms with Crippen molar-refractivity contribution in [3.05, 3.63) is 0 Å². The van der Waals surface area contributed by atoms with Crippen molar-refractivity contribution in [2.24, 2.45) is 5.41 Å². The van der Waals surface area contributed by atoms with Gasteiger partial charge in [0.25, 0.3) is 0 Å². The zero-order valence-corrected chi connectivity index (χ0v) is 9.09. The second-order valence-electron chi connectivity index (χ2n) is 4.90. The fourth-order valence-corrected chi connectivity index (χ4v) is 1.28. The van der Waals surface area contributed by atoms with Crippen molar-refractivity contribution in [2.75, 3.05) is 13.1 Å². The predicted octanol–water partition coefficient (Wildman–Crippen LogP) is 1.36. The number of hydrogen-bond donors (Lipinski definition) is 1. The summed E-state index contributed by atoms with van der Waals surface area (Å²) in [7, 11) is 0. The third-order valence-electron chi connectivity index (χ3n) is 2.27. The first-order valence-electron chi connectivity index (χ1n) is 4.97. The number of carbonyl (C=O) groups is 2. The number of amides is 3. The van der Waals surface area contributed by atoms with Gasteiger partial charge in [0, 0.05) is 19.5 Å². The molecule has 1 rings (SSSR count). The van der Waals surface area contributed by atoms with Crippen LogP contribution in [-0.2, 0) is 4.79 Å². The Kier molecular flexibility index (Phi) is 3.13. The molecule has 1 aliphatic rings. The second-order valence-corrected chi connectivity index (χ2v) is 4.90. The van der Waals surface area contributed by atoms with Crippen LogP contribution in [-0.4, -0.2) is 29.9 Å². The molecule has 0 aromatic carbocycles. The van der Waals surface area contributed by atoms with Gasteiger partial charge in [-0.3, -0.25) is 10.1 Å². The lowest BCUT2D eigenvalue weighted by Crippen LogP contribution is -2.50. The molecule has 4 heteroatoms. The fraction of sp³-hybridized carbons (Fsp3) is 0.800. The van der Waals surface area contributed by atoms with Crippen molar-refractivity contribution in [2.45, 2.75) is 33.6 Å². The van der Waals surface area contributed by atoms with E-state index in [1.54, 1.807) is 4.90 Å². The summed E-state index contributed by atoms with van der Waals surface area (Å²) < 4.78 is 0. The molecule has 0 spiro atoms. The van der Waals surface area contributed by atoms with E-state index in [1.807, 2.05) is 0 Å². The van der Waals surface area contributed by atoms with E-state index in [9.17, 15) is 9.59 Å². The van der Waals surface area contributed by atoms with Crippen molar-refractivity contribution < 1.29 is 9.59 Å². The maximum atomic E-state index is 11.3. The molecule has 0 aliphatic carbocycles. The van der Waals surface area contributed by atoms with Crippen molar-refractivity contribution in [1.29, 1.82) is 0 Å². The van der Waals surface area contributed by atoms with Crippen LogP contribution in [0, 0.1) is 5.41 Å². The Labute approximate surface area is 84.7 Å². The largest absolute Gasteiger partial charge is 0.324 e. The van der Waals surface area contributed by atoms with Gasteiger partial charge in [-0.25, -0.2) is 4.79 Å². The summed E-state index contributed by atoms with van der Waals surface area (Å²) in [6.45, 7) is 7.70. The second kappa shape index (κ2) is 3.98. The number of nitrogens with zero attached hydrogens (tertiary/aromatic N) is 1. The van der Waals surface area contributed by atoms with E-state index in [0.717, 1.165) is 13.0 Å². The molecule has 0 saturated carbocycles. The minimum absolute atomic E-state index is 0.165. The van der Waals surface area contributed by atoms with Gasteiger partial charge in [0.05, 0.1) is 0 Å². The lowest BCUT2D eigenvalue weighted by molar-refractivity contribution is -0.121. The highest BCUT2D eigenvalue weighted by Gasteiger charge is 2.23. The molecule has 4 nitrogen and oxygen atoms in total. The van der Waals surface area contributed by atoms with E-state index < -0.39 is 0 Å². The molecule has 1 N–H and O–H groups in total. The van der Waals surface area contributed by atoms with E-state index in [0.29, 0.717) is 13.0 Å². The van der Waals surface area contributed by atoms with E-state index in [1.165, 1.54) is 0 Å². The number of hydrogen-bond acceptors (Lipinski definition) is 2. The summed E-state index contributed by atoms with van der Waals surface area (Å²) in [6, 6.07) is -0.245. The molecule has 3 amide bonds. The molecule has 1 heterocycles. The zero-order chi connectivity index (χ0) is 10.8. The third-order valence-corrected chi connectivity index (χ3v) is 2.27. The quantitative estimate of drug-likeness (QED) is 0.728. The lowest BCUT2D eigenvalue weighted by atomic mass is 9.92. The Morgan fingerprint density at radius 2 is 2.00 bits per heavy atom. The Balaban J connectivity index is 2.39. The summed E-state index contributed by atoms with van der Waals surface area (Å²) in [5.74, 6) is -0.165. The fourth-order valence-electron chi connectivity index (χ4n) is 1.28. The average Bonchev–Trinajstić information content (AvgIpc) is 2.00. The Morgan fingerprint density at radius 1 is 1.36 bits per heavy atom. The standard InChI is InChI=1S/C10H18N2O2/c1-10(2,3)5-7-12-6-4-8(13)11-9(12)14/h4-7H2,1-3H3,(H,11,13,14). The number of carbonyl (C=O) groups excluding carboxylic acids is 2. The van der Waals surface area contributed by atoms with Crippen LogP contribution in [0.15, 0.2) is 0 Å². The first kappa shape index (κ1) is 11.0. The highest BCUT2D eigenvalue weighted by Crippen LogP contribution is 2.19. The topological polar surface area (TPSA) is 49.4 Å². The Hall–Kier alpha value is -1.06. The molecule has 0 aromatic rings. The van der Waals surface area contributed by atoms with Crippen molar-refractivity contribution >= 4 is 11.9 Å². The van der Waals surface area contributed by atoms with Crippen LogP contribution in [0.1, 0.15) is 33.6 Å². The molecule has 1 fully saturated rings. The van der Waals surface area contributed by atoms with E-state index in [2.05, 4.69) is 26.1 Å². The van der Waals surface area contributed by atoms with Crippen LogP contribution < -0.4 is 5.32 Å². The van der Waals surface area contributed by atoms with Crippen LogP contribution in [0.5, 0.6) is 0 Å². The molecule has 0 bridgehead atoms. The Morgan fingerprint density at radius 3 is 2.50 bits per heavy atom. The molecule has 1 aliphatic heterocycles. The molecule has 80 valence electrons. The average molecular weight is 198 g/mol. The van der Waals surface area contributed by atoms with E-state index in [-0.39, 0.29) is 17.4 Å². The Bertz CT molecular complexity index is 243. The van der Waals surface area contributed by atoms with Gasteiger partial charge >= 0.3 is 6.03 Å². The van der Waals surface area contributed by atoms with Crippen LogP contribution >= 0.6 is 0 Å². The van der Waals surface area contributed by atoms with Crippen LogP contribution in [0.2, 0.25) is 0 Å². The van der Waals surface area contributed by atoms with Gasteiger partial charge in [-0.1, -0.05) is 20.8 Å². The van der Waals surface area contributed by atoms with Crippen LogP contribution in [0.4, 0.5) is 4.79 Å². The maximum absolute atomic E-state index is 11.3. The molecule has 0 aromatic heterocycles. The monoisotopic (exact) mass is 198 g/mol. The minimum Gasteiger partial charge on any atom is -0.324 e. The van der Waals surface area contributed by atoms with E-state index in [4.69, 9.17) is 0 Å². The highest BCUT2D eigenvalue weighted by molar-refractivity contribution is 5.96. The smallest absolute Gasteiger partial charge is 0.324 e. The number of rotatable bonds is 2. The summed E-state index contributed by atoms with van der Waals surface area (Å²) in [6.07, 6.45) is 1.38. The molecular weight excluding hydrogens is 180 g/mol. The van der Waals surface area contributed by atoms with Gasteiger partial charge < -0.3 is 4.90 Å².